The molecule has 0 N–H and O–H groups in total. The molecule has 3 aromatic heterocycles. The summed E-state index contributed by atoms with van der Waals surface area (Å²) in [6.07, 6.45) is 9.48. The summed E-state index contributed by atoms with van der Waals surface area (Å²) in [5, 5.41) is 6.45. The summed E-state index contributed by atoms with van der Waals surface area (Å²) in [7, 11) is -3.92. The summed E-state index contributed by atoms with van der Waals surface area (Å²) in [6, 6.07) is 34.8. The maximum Gasteiger partial charge on any atom is 0.268 e. The third kappa shape index (κ3) is 4.92. The monoisotopic (exact) mass is 653 g/mol. The Balaban J connectivity index is 1.47. The fourth-order valence-electron chi connectivity index (χ4n) is 7.89. The minimum absolute atomic E-state index is 0.292. The molecule has 8 rings (SSSR count). The molecule has 8 aromatic rings. The van der Waals surface area contributed by atoms with Crippen LogP contribution in [0.1, 0.15) is 65.2 Å². The van der Waals surface area contributed by atoms with E-state index in [4.69, 9.17) is 0 Å². The lowest BCUT2D eigenvalue weighted by molar-refractivity contribution is 0.590. The molecule has 0 saturated heterocycles. The number of benzene rings is 5. The Morgan fingerprint density at radius 2 is 0.854 bits per heavy atom. The molecule has 244 valence electrons. The van der Waals surface area contributed by atoms with Crippen LogP contribution in [0.25, 0.3) is 65.4 Å². The lowest BCUT2D eigenvalue weighted by Gasteiger charge is -2.10. The molecule has 0 amide bonds. The highest BCUT2D eigenvalue weighted by Crippen LogP contribution is 2.42. The zero-order valence-electron chi connectivity index (χ0n) is 28.0. The number of hydrogen-bond acceptors (Lipinski definition) is 2. The van der Waals surface area contributed by atoms with E-state index in [1.807, 2.05) is 6.07 Å². The normalized spacial score (nSPS) is 12.5. The number of aromatic nitrogens is 3. The van der Waals surface area contributed by atoms with Gasteiger partial charge in [0.2, 0.25) is 0 Å². The molecule has 0 aliphatic rings. The van der Waals surface area contributed by atoms with Crippen molar-refractivity contribution < 1.29 is 8.42 Å². The molecule has 6 heteroatoms. The second-order valence-corrected chi connectivity index (χ2v) is 15.1. The highest BCUT2D eigenvalue weighted by molar-refractivity contribution is 7.90. The van der Waals surface area contributed by atoms with E-state index >= 15 is 0 Å². The summed E-state index contributed by atoms with van der Waals surface area (Å²) >= 11 is 0. The van der Waals surface area contributed by atoms with E-state index in [-0.39, 0.29) is 0 Å². The molecule has 0 aliphatic carbocycles. The van der Waals surface area contributed by atoms with Crippen LogP contribution in [-0.4, -0.2) is 21.5 Å². The molecular formula is C42H43N3O2S. The minimum atomic E-state index is -3.92. The highest BCUT2D eigenvalue weighted by atomic mass is 32.2. The van der Waals surface area contributed by atoms with Gasteiger partial charge in [0.15, 0.2) is 0 Å². The van der Waals surface area contributed by atoms with Crippen molar-refractivity contribution in [2.75, 3.05) is 0 Å². The number of unbranched alkanes of at least 4 members (excludes halogenated alkanes) is 6. The van der Waals surface area contributed by atoms with E-state index in [0.717, 1.165) is 80.3 Å². The number of aryl methyl sites for hydroxylation is 2. The molecule has 0 bridgehead atoms. The third-order valence-corrected chi connectivity index (χ3v) is 12.0. The van der Waals surface area contributed by atoms with E-state index in [1.165, 1.54) is 49.6 Å². The van der Waals surface area contributed by atoms with E-state index in [0.29, 0.717) is 4.90 Å². The second kappa shape index (κ2) is 12.5. The van der Waals surface area contributed by atoms with Crippen LogP contribution in [0, 0.1) is 0 Å². The third-order valence-electron chi connectivity index (χ3n) is 10.3. The molecule has 0 aliphatic heterocycles. The van der Waals surface area contributed by atoms with Gasteiger partial charge in [-0.2, -0.15) is 0 Å². The average Bonchev–Trinajstić information content (AvgIpc) is 3.72. The van der Waals surface area contributed by atoms with Gasteiger partial charge in [0.1, 0.15) is 0 Å². The van der Waals surface area contributed by atoms with E-state index in [1.54, 1.807) is 28.2 Å². The molecular weight excluding hydrogens is 611 g/mol. The fourth-order valence-corrected chi connectivity index (χ4v) is 9.43. The molecule has 5 aromatic carbocycles. The van der Waals surface area contributed by atoms with Crippen LogP contribution in [0.15, 0.2) is 108 Å². The van der Waals surface area contributed by atoms with E-state index in [2.05, 4.69) is 95.8 Å². The van der Waals surface area contributed by atoms with Gasteiger partial charge < -0.3 is 9.13 Å². The number of para-hydroxylation sites is 2. The van der Waals surface area contributed by atoms with Gasteiger partial charge in [-0.15, -0.1) is 0 Å². The molecule has 0 fully saturated rings. The van der Waals surface area contributed by atoms with Crippen molar-refractivity contribution in [2.24, 2.45) is 0 Å². The number of rotatable bonds is 12. The first-order valence-corrected chi connectivity index (χ1v) is 19.2. The van der Waals surface area contributed by atoms with Gasteiger partial charge in [0.25, 0.3) is 10.0 Å². The van der Waals surface area contributed by atoms with Crippen LogP contribution in [0.3, 0.4) is 0 Å². The highest BCUT2D eigenvalue weighted by Gasteiger charge is 2.26. The molecule has 0 atom stereocenters. The van der Waals surface area contributed by atoms with Crippen LogP contribution in [-0.2, 0) is 23.1 Å². The second-order valence-electron chi connectivity index (χ2n) is 13.3. The maximum absolute atomic E-state index is 14.7. The van der Waals surface area contributed by atoms with Gasteiger partial charge in [-0.25, -0.2) is 12.4 Å². The number of nitrogens with zero attached hydrogens (tertiary/aromatic N) is 3. The van der Waals surface area contributed by atoms with E-state index < -0.39 is 10.0 Å². The van der Waals surface area contributed by atoms with Crippen molar-refractivity contribution in [3.05, 3.63) is 103 Å². The van der Waals surface area contributed by atoms with Crippen LogP contribution in [0.4, 0.5) is 0 Å². The summed E-state index contributed by atoms with van der Waals surface area (Å²) in [4.78, 5) is 0.292. The Morgan fingerprint density at radius 1 is 0.438 bits per heavy atom. The zero-order chi connectivity index (χ0) is 32.8. The number of hydrogen-bond donors (Lipinski definition) is 0. The Morgan fingerprint density at radius 3 is 1.33 bits per heavy atom. The van der Waals surface area contributed by atoms with Crippen molar-refractivity contribution in [3.8, 4) is 0 Å². The SMILES string of the molecule is CCCCCCn1c2ccccc2c2cc3c(cc21)c1cc2c(cc1n3S(=O)(=O)c1ccccc1)c1ccccc1n2CCCCCC. The topological polar surface area (TPSA) is 48.9 Å². The zero-order valence-corrected chi connectivity index (χ0v) is 28.8. The molecule has 48 heavy (non-hydrogen) atoms. The first-order valence-electron chi connectivity index (χ1n) is 17.7. The average molecular weight is 654 g/mol. The van der Waals surface area contributed by atoms with Crippen molar-refractivity contribution in [1.29, 1.82) is 0 Å². The summed E-state index contributed by atoms with van der Waals surface area (Å²) in [5.41, 5.74) is 6.18. The standard InChI is InChI=1S/C42H43N3O2S/c1-3-5-7-16-24-43-37-22-14-12-20-31(37)33-28-41-35(26-39(33)43)36-27-40-34(29-42(36)45(41)48(46,47)30-18-10-9-11-19-30)32-21-13-15-23-38(32)44(40)25-17-8-6-4-2/h9-15,18-23,26-29H,3-8,16-17,24-25H2,1-2H3. The maximum atomic E-state index is 14.7. The largest absolute Gasteiger partial charge is 0.340 e. The molecule has 0 unspecified atom stereocenters. The Labute approximate surface area is 282 Å². The Kier molecular flexibility index (Phi) is 8.00. The Bertz CT molecular complexity index is 2410. The first-order chi connectivity index (χ1) is 23.5. The predicted octanol–water partition coefficient (Wildman–Crippen LogP) is 11.4. The molecule has 5 nitrogen and oxygen atoms in total. The van der Waals surface area contributed by atoms with Gasteiger partial charge in [0, 0.05) is 67.5 Å². The lowest BCUT2D eigenvalue weighted by Crippen LogP contribution is -2.12. The van der Waals surface area contributed by atoms with Crippen LogP contribution in [0.5, 0.6) is 0 Å². The van der Waals surface area contributed by atoms with Crippen LogP contribution >= 0.6 is 0 Å². The van der Waals surface area contributed by atoms with Crippen molar-refractivity contribution >= 4 is 75.4 Å². The van der Waals surface area contributed by atoms with Crippen molar-refractivity contribution in [1.82, 2.24) is 13.1 Å². The van der Waals surface area contributed by atoms with Crippen molar-refractivity contribution in [3.63, 3.8) is 0 Å². The first kappa shape index (κ1) is 30.8. The molecule has 0 saturated carbocycles. The smallest absolute Gasteiger partial charge is 0.268 e. The van der Waals surface area contributed by atoms with Gasteiger partial charge >= 0.3 is 0 Å². The summed E-state index contributed by atoms with van der Waals surface area (Å²) < 4.78 is 35.9. The fraction of sp³-hybridized carbons (Fsp3) is 0.286. The summed E-state index contributed by atoms with van der Waals surface area (Å²) in [6.45, 7) is 6.37. The molecule has 0 radical (unpaired) electrons. The number of fused-ring (bicyclic) bond motifs is 9. The molecule has 3 heterocycles. The van der Waals surface area contributed by atoms with Gasteiger partial charge in [0.05, 0.1) is 15.9 Å². The lowest BCUT2D eigenvalue weighted by atomic mass is 10.1. The van der Waals surface area contributed by atoms with Gasteiger partial charge in [-0.3, -0.25) is 0 Å². The molecule has 0 spiro atoms. The van der Waals surface area contributed by atoms with Crippen LogP contribution < -0.4 is 0 Å². The Hall–Kier alpha value is -4.55. The van der Waals surface area contributed by atoms with Crippen molar-refractivity contribution in [2.45, 2.75) is 83.2 Å². The van der Waals surface area contributed by atoms with Gasteiger partial charge in [-0.1, -0.05) is 107 Å². The predicted molar refractivity (Wildman–Crippen MR) is 203 cm³/mol. The van der Waals surface area contributed by atoms with Crippen LogP contribution in [0.2, 0.25) is 0 Å². The van der Waals surface area contributed by atoms with Gasteiger partial charge in [-0.05, 0) is 61.4 Å². The minimum Gasteiger partial charge on any atom is -0.340 e. The summed E-state index contributed by atoms with van der Waals surface area (Å²) in [5.74, 6) is 0. The quantitative estimate of drug-likeness (QED) is 0.123. The van der Waals surface area contributed by atoms with E-state index in [9.17, 15) is 8.42 Å².